The second kappa shape index (κ2) is 7.36. The van der Waals surface area contributed by atoms with Crippen LogP contribution in [-0.4, -0.2) is 33.7 Å². The molecule has 7 nitrogen and oxygen atoms in total. The summed E-state index contributed by atoms with van der Waals surface area (Å²) in [4.78, 5) is 41.5. The Bertz CT molecular complexity index is 1270. The summed E-state index contributed by atoms with van der Waals surface area (Å²) in [6.45, 7) is 0.162. The highest BCUT2D eigenvalue weighted by molar-refractivity contribution is 7.10. The van der Waals surface area contributed by atoms with Gasteiger partial charge in [0.05, 0.1) is 19.0 Å². The highest BCUT2D eigenvalue weighted by Crippen LogP contribution is 2.42. The zero-order chi connectivity index (χ0) is 21.6. The Labute approximate surface area is 182 Å². The monoisotopic (exact) mass is 432 g/mol. The van der Waals surface area contributed by atoms with Gasteiger partial charge in [0.1, 0.15) is 5.54 Å². The first-order valence-electron chi connectivity index (χ1n) is 10.2. The lowest BCUT2D eigenvalue weighted by atomic mass is 9.80. The van der Waals surface area contributed by atoms with Crippen molar-refractivity contribution in [1.29, 1.82) is 5.26 Å². The van der Waals surface area contributed by atoms with Crippen LogP contribution in [0.1, 0.15) is 40.1 Å². The number of carbonyl (C=O) groups is 3. The molecule has 1 atom stereocenters. The van der Waals surface area contributed by atoms with E-state index < -0.39 is 11.6 Å². The Hall–Kier alpha value is -3.44. The van der Waals surface area contributed by atoms with Crippen LogP contribution in [0, 0.1) is 11.3 Å². The molecular formula is C23H20N4O3S. The van der Waals surface area contributed by atoms with Crippen molar-refractivity contribution < 1.29 is 14.4 Å². The Morgan fingerprint density at radius 1 is 1.26 bits per heavy atom. The highest BCUT2D eigenvalue weighted by atomic mass is 32.1. The number of urea groups is 1. The van der Waals surface area contributed by atoms with Crippen LogP contribution in [-0.2, 0) is 23.3 Å². The smallest absolute Gasteiger partial charge is 0.325 e. The molecule has 2 aromatic heterocycles. The molecule has 1 aliphatic carbocycles. The molecule has 156 valence electrons. The lowest BCUT2D eigenvalue weighted by Crippen LogP contribution is -2.46. The van der Waals surface area contributed by atoms with Crippen molar-refractivity contribution in [3.63, 3.8) is 0 Å². The topological polar surface area (TPSA) is 95.2 Å². The summed E-state index contributed by atoms with van der Waals surface area (Å²) in [5, 5.41) is 14.5. The molecule has 3 amide bonds. The van der Waals surface area contributed by atoms with E-state index in [1.165, 1.54) is 0 Å². The number of amides is 3. The van der Waals surface area contributed by atoms with E-state index in [0.29, 0.717) is 24.9 Å². The normalized spacial score (nSPS) is 20.2. The number of benzene rings is 1. The Kier molecular flexibility index (Phi) is 4.63. The molecule has 3 heterocycles. The molecule has 31 heavy (non-hydrogen) atoms. The van der Waals surface area contributed by atoms with E-state index >= 15 is 0 Å². The number of ketones is 1. The predicted octanol–water partition coefficient (Wildman–Crippen LogP) is 3.58. The minimum absolute atomic E-state index is 0.297. The number of imide groups is 1. The molecule has 1 unspecified atom stereocenters. The van der Waals surface area contributed by atoms with Crippen LogP contribution in [0.3, 0.4) is 0 Å². The number of hydrogen-bond acceptors (Lipinski definition) is 5. The highest BCUT2D eigenvalue weighted by Gasteiger charge is 2.54. The summed E-state index contributed by atoms with van der Waals surface area (Å²) >= 11 is 1.60. The summed E-state index contributed by atoms with van der Waals surface area (Å²) in [5.74, 6) is -0.646. The van der Waals surface area contributed by atoms with Gasteiger partial charge in [0.15, 0.2) is 5.78 Å². The zero-order valence-corrected chi connectivity index (χ0v) is 17.6. The van der Waals surface area contributed by atoms with Crippen molar-refractivity contribution in [2.45, 2.75) is 37.8 Å². The molecule has 1 aromatic carbocycles. The molecule has 1 spiro atoms. The number of aromatic nitrogens is 1. The quantitative estimate of drug-likeness (QED) is 0.492. The maximum atomic E-state index is 13.4. The Morgan fingerprint density at radius 2 is 2.10 bits per heavy atom. The standard InChI is InChI=1S/C23H20N4O3S/c24-10-4-11-26-13-16(15-5-1-2-6-18(15)26)19(28)14-27-21(29)23(25-22(27)30)9-3-7-20-17(23)8-12-31-20/h1-2,5-6,8,12-13H,3-4,7,9,11,14H2,(H,25,30). The van der Waals surface area contributed by atoms with Crippen LogP contribution < -0.4 is 5.32 Å². The van der Waals surface area contributed by atoms with Gasteiger partial charge in [-0.15, -0.1) is 11.3 Å². The van der Waals surface area contributed by atoms with E-state index in [1.54, 1.807) is 17.5 Å². The molecule has 0 bridgehead atoms. The van der Waals surface area contributed by atoms with Gasteiger partial charge in [0.25, 0.3) is 5.91 Å². The maximum Gasteiger partial charge on any atom is 0.325 e. The first kappa shape index (κ1) is 19.5. The Balaban J connectivity index is 1.45. The fraction of sp³-hybridized carbons (Fsp3) is 0.304. The third kappa shape index (κ3) is 2.96. The van der Waals surface area contributed by atoms with Crippen LogP contribution in [0.15, 0.2) is 41.9 Å². The van der Waals surface area contributed by atoms with Crippen LogP contribution >= 0.6 is 11.3 Å². The fourth-order valence-electron chi connectivity index (χ4n) is 4.74. The number of fused-ring (bicyclic) bond motifs is 3. The van der Waals surface area contributed by atoms with Crippen molar-refractivity contribution in [2.24, 2.45) is 0 Å². The molecule has 0 radical (unpaired) electrons. The van der Waals surface area contributed by atoms with Gasteiger partial charge in [-0.05, 0) is 36.8 Å². The van der Waals surface area contributed by atoms with Gasteiger partial charge in [0.2, 0.25) is 0 Å². The van der Waals surface area contributed by atoms with Crippen molar-refractivity contribution >= 4 is 40.0 Å². The average molecular weight is 433 g/mol. The molecule has 5 rings (SSSR count). The number of Topliss-reactive ketones (excluding diaryl/α,β-unsaturated/α-hetero) is 1. The summed E-state index contributed by atoms with van der Waals surface area (Å²) < 4.78 is 1.87. The maximum absolute atomic E-state index is 13.4. The molecule has 0 saturated carbocycles. The summed E-state index contributed by atoms with van der Waals surface area (Å²) in [6.07, 6.45) is 4.30. The van der Waals surface area contributed by atoms with Crippen molar-refractivity contribution in [2.75, 3.05) is 6.54 Å². The molecule has 3 aromatic rings. The Morgan fingerprint density at radius 3 is 2.94 bits per heavy atom. The van der Waals surface area contributed by atoms with E-state index in [-0.39, 0.29) is 18.2 Å². The molecule has 2 aliphatic rings. The molecule has 1 aliphatic heterocycles. The summed E-state index contributed by atoms with van der Waals surface area (Å²) in [6, 6.07) is 11.0. The summed E-state index contributed by atoms with van der Waals surface area (Å²) in [7, 11) is 0. The first-order chi connectivity index (χ1) is 15.0. The molecule has 8 heteroatoms. The third-order valence-corrected chi connectivity index (χ3v) is 7.17. The number of nitrogens with one attached hydrogen (secondary N) is 1. The van der Waals surface area contributed by atoms with Gasteiger partial charge >= 0.3 is 6.03 Å². The minimum atomic E-state index is -1.05. The van der Waals surface area contributed by atoms with E-state index in [0.717, 1.165) is 39.1 Å². The second-order valence-electron chi connectivity index (χ2n) is 7.92. The average Bonchev–Trinajstić information content (AvgIpc) is 3.46. The number of rotatable bonds is 5. The van der Waals surface area contributed by atoms with Crippen molar-refractivity contribution in [3.8, 4) is 6.07 Å². The largest absolute Gasteiger partial charge is 0.346 e. The number of carbonyl (C=O) groups excluding carboxylic acids is 3. The van der Waals surface area contributed by atoms with Gasteiger partial charge in [-0.3, -0.25) is 14.5 Å². The molecule has 1 saturated heterocycles. The van der Waals surface area contributed by atoms with Gasteiger partial charge < -0.3 is 9.88 Å². The minimum Gasteiger partial charge on any atom is -0.346 e. The lowest BCUT2D eigenvalue weighted by molar-refractivity contribution is -0.131. The zero-order valence-electron chi connectivity index (χ0n) is 16.8. The number of nitriles is 1. The number of nitrogens with zero attached hydrogens (tertiary/aromatic N) is 3. The van der Waals surface area contributed by atoms with Gasteiger partial charge in [-0.1, -0.05) is 18.2 Å². The van der Waals surface area contributed by atoms with Crippen LogP contribution in [0.25, 0.3) is 10.9 Å². The number of aryl methyl sites for hydroxylation is 2. The van der Waals surface area contributed by atoms with Gasteiger partial charge in [-0.2, -0.15) is 5.26 Å². The van der Waals surface area contributed by atoms with Crippen molar-refractivity contribution in [1.82, 2.24) is 14.8 Å². The molecular weight excluding hydrogens is 412 g/mol. The second-order valence-corrected chi connectivity index (χ2v) is 8.92. The number of para-hydroxylation sites is 1. The van der Waals surface area contributed by atoms with Crippen molar-refractivity contribution in [3.05, 3.63) is 57.9 Å². The molecule has 1 N–H and O–H groups in total. The summed E-state index contributed by atoms with van der Waals surface area (Å²) in [5.41, 5.74) is 1.12. The van der Waals surface area contributed by atoms with E-state index in [2.05, 4.69) is 11.4 Å². The van der Waals surface area contributed by atoms with Crippen LogP contribution in [0.4, 0.5) is 4.79 Å². The van der Waals surface area contributed by atoms with E-state index in [1.807, 2.05) is 40.3 Å². The lowest BCUT2D eigenvalue weighted by Gasteiger charge is -2.31. The SMILES string of the molecule is N#CCCn1cc(C(=O)CN2C(=O)NC3(CCCc4sccc43)C2=O)c2ccccc21. The third-order valence-electron chi connectivity index (χ3n) is 6.19. The van der Waals surface area contributed by atoms with Gasteiger partial charge in [0, 0.05) is 39.6 Å². The van der Waals surface area contributed by atoms with Crippen LogP contribution in [0.2, 0.25) is 0 Å². The first-order valence-corrected chi connectivity index (χ1v) is 11.1. The fourth-order valence-corrected chi connectivity index (χ4v) is 5.74. The van der Waals surface area contributed by atoms with E-state index in [4.69, 9.17) is 5.26 Å². The molecule has 1 fully saturated rings. The van der Waals surface area contributed by atoms with Gasteiger partial charge in [-0.25, -0.2) is 4.79 Å². The van der Waals surface area contributed by atoms with Crippen LogP contribution in [0.5, 0.6) is 0 Å². The predicted molar refractivity (Wildman–Crippen MR) is 116 cm³/mol. The van der Waals surface area contributed by atoms with E-state index in [9.17, 15) is 14.4 Å². The number of thiophene rings is 1. The number of hydrogen-bond donors (Lipinski definition) is 1.